The minimum absolute atomic E-state index is 0.0394. The Morgan fingerprint density at radius 3 is 2.67 bits per heavy atom. The van der Waals surface area contributed by atoms with Gasteiger partial charge in [0.05, 0.1) is 0 Å². The van der Waals surface area contributed by atoms with E-state index in [1.54, 1.807) is 12.1 Å². The second kappa shape index (κ2) is 4.24. The molecule has 4 heteroatoms. The number of rotatable bonds is 4. The molecule has 0 bridgehead atoms. The first-order chi connectivity index (χ1) is 5.70. The standard InChI is InChI=1S/C8H8O3Se/c9-6(3-4-8(10)12)7-2-1-5-11-7/h1-2,5H,3-4H2,(H,10,12). The number of Topliss-reactive ketones (excluding diaryl/α,β-unsaturated/α-hetero) is 1. The van der Waals surface area contributed by atoms with Gasteiger partial charge in [-0.1, -0.05) is 0 Å². The van der Waals surface area contributed by atoms with Crippen LogP contribution >= 0.6 is 0 Å². The van der Waals surface area contributed by atoms with Crippen molar-refractivity contribution in [2.45, 2.75) is 12.8 Å². The van der Waals surface area contributed by atoms with Crippen molar-refractivity contribution in [1.29, 1.82) is 0 Å². The number of hydrogen-bond donors (Lipinski definition) is 0. The molecule has 0 amide bonds. The Morgan fingerprint density at radius 1 is 1.42 bits per heavy atom. The van der Waals surface area contributed by atoms with Crippen LogP contribution in [0.5, 0.6) is 0 Å². The van der Waals surface area contributed by atoms with Gasteiger partial charge in [-0.3, -0.25) is 0 Å². The average Bonchev–Trinajstić information content (AvgIpc) is 2.51. The van der Waals surface area contributed by atoms with Gasteiger partial charge in [0.1, 0.15) is 0 Å². The van der Waals surface area contributed by atoms with Crippen LogP contribution in [0, 0.1) is 0 Å². The van der Waals surface area contributed by atoms with Crippen LogP contribution in [0.15, 0.2) is 22.8 Å². The normalized spacial score (nSPS) is 9.75. The van der Waals surface area contributed by atoms with E-state index in [2.05, 4.69) is 0 Å². The van der Waals surface area contributed by atoms with Crippen LogP contribution < -0.4 is 0 Å². The monoisotopic (exact) mass is 232 g/mol. The van der Waals surface area contributed by atoms with Crippen molar-refractivity contribution in [1.82, 2.24) is 0 Å². The molecule has 0 atom stereocenters. The molecule has 12 heavy (non-hydrogen) atoms. The predicted molar refractivity (Wildman–Crippen MR) is 44.4 cm³/mol. The number of carbonyl (C=O) groups is 2. The summed E-state index contributed by atoms with van der Waals surface area (Å²) in [4.78, 5) is 21.7. The maximum atomic E-state index is 11.2. The van der Waals surface area contributed by atoms with E-state index in [4.69, 9.17) is 4.42 Å². The molecule has 0 saturated carbocycles. The van der Waals surface area contributed by atoms with Crippen LogP contribution in [0.2, 0.25) is 0 Å². The van der Waals surface area contributed by atoms with Crippen molar-refractivity contribution in [2.24, 2.45) is 0 Å². The molecule has 1 rings (SSSR count). The van der Waals surface area contributed by atoms with Crippen LogP contribution in [-0.4, -0.2) is 26.5 Å². The molecular formula is C8H8O3Se. The molecule has 0 aromatic carbocycles. The molecule has 0 radical (unpaired) electrons. The summed E-state index contributed by atoms with van der Waals surface area (Å²) in [7, 11) is 0. The van der Waals surface area contributed by atoms with E-state index in [1.165, 1.54) is 6.26 Å². The van der Waals surface area contributed by atoms with Crippen molar-refractivity contribution in [3.63, 3.8) is 0 Å². The molecule has 1 aromatic rings. The van der Waals surface area contributed by atoms with E-state index in [9.17, 15) is 9.59 Å². The number of carbonyl (C=O) groups excluding carboxylic acids is 2. The fourth-order valence-electron chi connectivity index (χ4n) is 0.781. The molecule has 0 unspecified atom stereocenters. The quantitative estimate of drug-likeness (QED) is 0.565. The predicted octanol–water partition coefficient (Wildman–Crippen LogP) is 0.670. The Hall–Kier alpha value is -0.861. The van der Waals surface area contributed by atoms with Crippen molar-refractivity contribution < 1.29 is 14.0 Å². The summed E-state index contributed by atoms with van der Waals surface area (Å²) in [6.45, 7) is 0. The molecule has 0 spiro atoms. The van der Waals surface area contributed by atoms with Gasteiger partial charge >= 0.3 is 77.5 Å². The zero-order chi connectivity index (χ0) is 8.97. The number of furan rings is 1. The van der Waals surface area contributed by atoms with Gasteiger partial charge < -0.3 is 0 Å². The Kier molecular flexibility index (Phi) is 3.26. The van der Waals surface area contributed by atoms with Crippen molar-refractivity contribution in [2.75, 3.05) is 0 Å². The summed E-state index contributed by atoms with van der Waals surface area (Å²) >= 11 is 1.89. The van der Waals surface area contributed by atoms with E-state index in [0.717, 1.165) is 0 Å². The SMILES string of the molecule is O=C([SeH])CCC(=O)c1ccco1. The van der Waals surface area contributed by atoms with Gasteiger partial charge in [-0.25, -0.2) is 0 Å². The zero-order valence-corrected chi connectivity index (χ0v) is 8.19. The molecule has 3 nitrogen and oxygen atoms in total. The van der Waals surface area contributed by atoms with Gasteiger partial charge in [0, 0.05) is 0 Å². The second-order valence-electron chi connectivity index (χ2n) is 2.29. The van der Waals surface area contributed by atoms with Crippen molar-refractivity contribution >= 4 is 26.5 Å². The molecule has 0 aliphatic heterocycles. The van der Waals surface area contributed by atoms with Crippen molar-refractivity contribution in [3.8, 4) is 0 Å². The van der Waals surface area contributed by atoms with Gasteiger partial charge in [-0.05, 0) is 0 Å². The maximum absolute atomic E-state index is 11.2. The Bertz CT molecular complexity index is 277. The molecule has 0 N–H and O–H groups in total. The van der Waals surface area contributed by atoms with Crippen LogP contribution in [0.25, 0.3) is 0 Å². The summed E-state index contributed by atoms with van der Waals surface area (Å²) < 4.78 is 4.82. The van der Waals surface area contributed by atoms with Crippen LogP contribution in [-0.2, 0) is 4.79 Å². The Balaban J connectivity index is 2.45. The summed E-state index contributed by atoms with van der Waals surface area (Å²) in [6.07, 6.45) is 1.93. The zero-order valence-electron chi connectivity index (χ0n) is 6.32. The summed E-state index contributed by atoms with van der Waals surface area (Å²) in [5.74, 6) is 0.197. The topological polar surface area (TPSA) is 47.3 Å². The second-order valence-corrected chi connectivity index (χ2v) is 3.34. The van der Waals surface area contributed by atoms with E-state index >= 15 is 0 Å². The van der Waals surface area contributed by atoms with E-state index in [1.807, 2.05) is 16.0 Å². The summed E-state index contributed by atoms with van der Waals surface area (Å²) in [5, 5.41) is 0. The molecule has 1 aromatic heterocycles. The van der Waals surface area contributed by atoms with E-state index in [0.29, 0.717) is 5.76 Å². The fourth-order valence-corrected chi connectivity index (χ4v) is 1.02. The third-order valence-electron chi connectivity index (χ3n) is 1.36. The first-order valence-electron chi connectivity index (χ1n) is 3.48. The summed E-state index contributed by atoms with van der Waals surface area (Å²) in [5.41, 5.74) is 0. The molecule has 0 aliphatic carbocycles. The van der Waals surface area contributed by atoms with E-state index in [-0.39, 0.29) is 23.3 Å². The van der Waals surface area contributed by atoms with Gasteiger partial charge in [-0.15, -0.1) is 0 Å². The van der Waals surface area contributed by atoms with E-state index < -0.39 is 0 Å². The molecular weight excluding hydrogens is 223 g/mol. The molecule has 0 fully saturated rings. The first kappa shape index (κ1) is 9.23. The molecule has 0 saturated heterocycles. The first-order valence-corrected chi connectivity index (χ1v) is 4.42. The Morgan fingerprint density at radius 2 is 2.17 bits per heavy atom. The van der Waals surface area contributed by atoms with Gasteiger partial charge in [-0.2, -0.15) is 0 Å². The van der Waals surface area contributed by atoms with Crippen LogP contribution in [0.4, 0.5) is 0 Å². The molecule has 64 valence electrons. The Labute approximate surface area is 77.9 Å². The molecule has 0 aliphatic rings. The van der Waals surface area contributed by atoms with Gasteiger partial charge in [0.25, 0.3) is 0 Å². The van der Waals surface area contributed by atoms with Crippen molar-refractivity contribution in [3.05, 3.63) is 24.2 Å². The third-order valence-corrected chi connectivity index (χ3v) is 1.83. The van der Waals surface area contributed by atoms with Crippen LogP contribution in [0.3, 0.4) is 0 Å². The number of ketones is 1. The average molecular weight is 231 g/mol. The molecule has 1 heterocycles. The van der Waals surface area contributed by atoms with Gasteiger partial charge in [0.2, 0.25) is 0 Å². The summed E-state index contributed by atoms with van der Waals surface area (Å²) in [6, 6.07) is 3.24. The fraction of sp³-hybridized carbons (Fsp3) is 0.250. The van der Waals surface area contributed by atoms with Gasteiger partial charge in [0.15, 0.2) is 0 Å². The third kappa shape index (κ3) is 2.64. The number of hydrogen-bond acceptors (Lipinski definition) is 3. The minimum atomic E-state index is -0.126. The van der Waals surface area contributed by atoms with Crippen LogP contribution in [0.1, 0.15) is 23.4 Å².